The van der Waals surface area contributed by atoms with Gasteiger partial charge in [0.05, 0.1) is 31.9 Å². The zero-order valence-electron chi connectivity index (χ0n) is 11.1. The molecule has 0 unspecified atom stereocenters. The van der Waals surface area contributed by atoms with E-state index in [1.54, 1.807) is 11.2 Å². The topological polar surface area (TPSA) is 41.8 Å². The van der Waals surface area contributed by atoms with Gasteiger partial charge < -0.3 is 4.90 Å². The summed E-state index contributed by atoms with van der Waals surface area (Å²) < 4.78 is 26.2. The Bertz CT molecular complexity index is 508. The van der Waals surface area contributed by atoms with Gasteiger partial charge in [-0.2, -0.15) is 4.31 Å². The Labute approximate surface area is 123 Å². The summed E-state index contributed by atoms with van der Waals surface area (Å²) in [5, 5.41) is 0. The van der Waals surface area contributed by atoms with E-state index >= 15 is 0 Å². The summed E-state index contributed by atoms with van der Waals surface area (Å²) in [6, 6.07) is 8.33. The van der Waals surface area contributed by atoms with Crippen molar-refractivity contribution < 1.29 is 13.3 Å². The van der Waals surface area contributed by atoms with Gasteiger partial charge in [0, 0.05) is 10.0 Å². The van der Waals surface area contributed by atoms with Gasteiger partial charge in [0.2, 0.25) is 10.0 Å². The Kier molecular flexibility index (Phi) is 5.00. The van der Waals surface area contributed by atoms with Gasteiger partial charge in [0.1, 0.15) is 6.54 Å². The highest BCUT2D eigenvalue weighted by molar-refractivity contribution is 9.10. The molecule has 1 aliphatic heterocycles. The Balaban J connectivity index is 1.89. The third-order valence-electron chi connectivity index (χ3n) is 3.56. The normalized spacial score (nSPS) is 18.6. The predicted octanol–water partition coefficient (Wildman–Crippen LogP) is 0.499. The van der Waals surface area contributed by atoms with E-state index in [0.29, 0.717) is 13.1 Å². The van der Waals surface area contributed by atoms with Crippen LogP contribution in [0.1, 0.15) is 12.5 Å². The van der Waals surface area contributed by atoms with E-state index < -0.39 is 10.0 Å². The van der Waals surface area contributed by atoms with Crippen LogP contribution in [0.2, 0.25) is 0 Å². The number of rotatable bonds is 4. The summed E-state index contributed by atoms with van der Waals surface area (Å²) in [6.07, 6.45) is 0. The molecule has 1 N–H and O–H groups in total. The molecule has 0 spiro atoms. The standard InChI is InChI=1S/C13H19BrN2O2S/c1-2-19(17,18)16-9-7-15(8-10-16)11-12-3-5-13(14)6-4-12/h3-6H,2,7-11H2,1H3/p+1. The first-order chi connectivity index (χ1) is 9.01. The van der Waals surface area contributed by atoms with Crippen molar-refractivity contribution in [3.8, 4) is 0 Å². The van der Waals surface area contributed by atoms with Gasteiger partial charge in [-0.15, -0.1) is 0 Å². The number of nitrogens with one attached hydrogen (secondary N) is 1. The summed E-state index contributed by atoms with van der Waals surface area (Å²) in [4.78, 5) is 1.45. The number of quaternary nitrogens is 1. The van der Waals surface area contributed by atoms with Crippen LogP contribution in [0.15, 0.2) is 28.7 Å². The van der Waals surface area contributed by atoms with E-state index in [4.69, 9.17) is 0 Å². The monoisotopic (exact) mass is 347 g/mol. The molecule has 6 heteroatoms. The maximum absolute atomic E-state index is 11.8. The van der Waals surface area contributed by atoms with Gasteiger partial charge in [-0.25, -0.2) is 8.42 Å². The predicted molar refractivity (Wildman–Crippen MR) is 79.6 cm³/mol. The van der Waals surface area contributed by atoms with Crippen LogP contribution in [0.5, 0.6) is 0 Å². The molecule has 0 saturated carbocycles. The number of hydrogen-bond donors (Lipinski definition) is 1. The number of piperazine rings is 1. The van der Waals surface area contributed by atoms with Crippen LogP contribution < -0.4 is 4.90 Å². The van der Waals surface area contributed by atoms with E-state index in [0.717, 1.165) is 24.1 Å². The minimum atomic E-state index is -3.01. The van der Waals surface area contributed by atoms with E-state index in [-0.39, 0.29) is 5.75 Å². The third-order valence-corrected chi connectivity index (χ3v) is 5.97. The van der Waals surface area contributed by atoms with Crippen LogP contribution in [0.3, 0.4) is 0 Å². The highest BCUT2D eigenvalue weighted by atomic mass is 79.9. The molecule has 1 heterocycles. The van der Waals surface area contributed by atoms with Gasteiger partial charge in [-0.05, 0) is 19.1 Å². The molecule has 1 saturated heterocycles. The maximum Gasteiger partial charge on any atom is 0.214 e. The lowest BCUT2D eigenvalue weighted by Gasteiger charge is -2.31. The quantitative estimate of drug-likeness (QED) is 0.861. The minimum absolute atomic E-state index is 0.203. The summed E-state index contributed by atoms with van der Waals surface area (Å²) in [6.45, 7) is 5.72. The number of hydrogen-bond acceptors (Lipinski definition) is 2. The van der Waals surface area contributed by atoms with Crippen molar-refractivity contribution >= 4 is 26.0 Å². The second kappa shape index (κ2) is 6.35. The number of halogens is 1. The van der Waals surface area contributed by atoms with Crippen molar-refractivity contribution in [2.24, 2.45) is 0 Å². The maximum atomic E-state index is 11.8. The Morgan fingerprint density at radius 2 is 1.79 bits per heavy atom. The van der Waals surface area contributed by atoms with Crippen LogP contribution >= 0.6 is 15.9 Å². The van der Waals surface area contributed by atoms with E-state index in [1.807, 2.05) is 12.1 Å². The van der Waals surface area contributed by atoms with E-state index in [9.17, 15) is 8.42 Å². The molecular formula is C13H20BrN2O2S+. The molecule has 106 valence electrons. The van der Waals surface area contributed by atoms with Crippen LogP contribution in [0, 0.1) is 0 Å². The summed E-state index contributed by atoms with van der Waals surface area (Å²) >= 11 is 3.43. The Hall–Kier alpha value is -0.430. The fourth-order valence-electron chi connectivity index (χ4n) is 2.33. The smallest absolute Gasteiger partial charge is 0.214 e. The summed E-state index contributed by atoms with van der Waals surface area (Å²) in [5.74, 6) is 0.203. The molecular weight excluding hydrogens is 328 g/mol. The highest BCUT2D eigenvalue weighted by Crippen LogP contribution is 2.10. The molecule has 1 aromatic rings. The lowest BCUT2D eigenvalue weighted by Crippen LogP contribution is -3.13. The molecule has 0 aliphatic carbocycles. The largest absolute Gasteiger partial charge is 0.329 e. The summed E-state index contributed by atoms with van der Waals surface area (Å²) in [7, 11) is -3.01. The molecule has 1 aromatic carbocycles. The number of nitrogens with zero attached hydrogens (tertiary/aromatic N) is 1. The van der Waals surface area contributed by atoms with Crippen LogP contribution in [0.4, 0.5) is 0 Å². The molecule has 2 rings (SSSR count). The number of sulfonamides is 1. The molecule has 0 radical (unpaired) electrons. The van der Waals surface area contributed by atoms with Gasteiger partial charge in [0.25, 0.3) is 0 Å². The molecule has 0 aromatic heterocycles. The molecule has 1 fully saturated rings. The Morgan fingerprint density at radius 1 is 1.21 bits per heavy atom. The van der Waals surface area contributed by atoms with Gasteiger partial charge in [0.15, 0.2) is 0 Å². The van der Waals surface area contributed by atoms with Crippen LogP contribution in [0.25, 0.3) is 0 Å². The van der Waals surface area contributed by atoms with Crippen molar-refractivity contribution in [3.63, 3.8) is 0 Å². The van der Waals surface area contributed by atoms with Crippen LogP contribution in [-0.2, 0) is 16.6 Å². The second-order valence-corrected chi connectivity index (χ2v) is 8.03. The molecule has 19 heavy (non-hydrogen) atoms. The van der Waals surface area contributed by atoms with Crippen molar-refractivity contribution in [1.82, 2.24) is 4.31 Å². The second-order valence-electron chi connectivity index (χ2n) is 4.85. The molecule has 0 atom stereocenters. The van der Waals surface area contributed by atoms with Crippen LogP contribution in [-0.4, -0.2) is 44.7 Å². The lowest BCUT2D eigenvalue weighted by molar-refractivity contribution is -0.917. The van der Waals surface area contributed by atoms with Crippen molar-refractivity contribution in [2.45, 2.75) is 13.5 Å². The van der Waals surface area contributed by atoms with E-state index in [1.165, 1.54) is 10.5 Å². The lowest BCUT2D eigenvalue weighted by atomic mass is 10.2. The molecule has 4 nitrogen and oxygen atoms in total. The SMILES string of the molecule is CCS(=O)(=O)N1CC[NH+](Cc2ccc(Br)cc2)CC1. The van der Waals surface area contributed by atoms with Gasteiger partial charge in [-0.1, -0.05) is 28.1 Å². The van der Waals surface area contributed by atoms with E-state index in [2.05, 4.69) is 28.1 Å². The molecule has 0 bridgehead atoms. The first kappa shape index (κ1) is 15.0. The fourth-order valence-corrected chi connectivity index (χ4v) is 3.70. The Morgan fingerprint density at radius 3 is 2.32 bits per heavy atom. The zero-order valence-corrected chi connectivity index (χ0v) is 13.5. The zero-order chi connectivity index (χ0) is 13.9. The summed E-state index contributed by atoms with van der Waals surface area (Å²) in [5.41, 5.74) is 1.30. The third kappa shape index (κ3) is 4.02. The number of benzene rings is 1. The fraction of sp³-hybridized carbons (Fsp3) is 0.538. The van der Waals surface area contributed by atoms with Gasteiger partial charge >= 0.3 is 0 Å². The molecule has 1 aliphatic rings. The first-order valence-electron chi connectivity index (χ1n) is 6.57. The van der Waals surface area contributed by atoms with Gasteiger partial charge in [-0.3, -0.25) is 0 Å². The van der Waals surface area contributed by atoms with Crippen molar-refractivity contribution in [2.75, 3.05) is 31.9 Å². The average molecular weight is 348 g/mol. The average Bonchev–Trinajstić information content (AvgIpc) is 2.42. The minimum Gasteiger partial charge on any atom is -0.329 e. The first-order valence-corrected chi connectivity index (χ1v) is 8.97. The molecule has 0 amide bonds. The highest BCUT2D eigenvalue weighted by Gasteiger charge is 2.27. The van der Waals surface area contributed by atoms with Crippen molar-refractivity contribution in [3.05, 3.63) is 34.3 Å². The van der Waals surface area contributed by atoms with Crippen molar-refractivity contribution in [1.29, 1.82) is 0 Å².